The summed E-state index contributed by atoms with van der Waals surface area (Å²) >= 11 is 6.25. The summed E-state index contributed by atoms with van der Waals surface area (Å²) in [6.07, 6.45) is 3.49. The van der Waals surface area contributed by atoms with Gasteiger partial charge in [0.15, 0.2) is 0 Å². The molecule has 1 aliphatic heterocycles. The molecule has 1 aromatic heterocycles. The van der Waals surface area contributed by atoms with E-state index in [-0.39, 0.29) is 17.5 Å². The van der Waals surface area contributed by atoms with Crippen LogP contribution in [0.2, 0.25) is 5.02 Å². The molecule has 0 bridgehead atoms. The van der Waals surface area contributed by atoms with Gasteiger partial charge in [0, 0.05) is 30.3 Å². The summed E-state index contributed by atoms with van der Waals surface area (Å²) in [5.41, 5.74) is 1.43. The molecule has 1 aliphatic rings. The van der Waals surface area contributed by atoms with Gasteiger partial charge in [0.25, 0.3) is 11.8 Å². The SMILES string of the molecule is O=C(NC(=Cc1ccc(-c2ccccc2Cl)o1)C(=O)N1CCCC1)c1ccccc1. The molecular weight excluding hydrogens is 400 g/mol. The summed E-state index contributed by atoms with van der Waals surface area (Å²) in [4.78, 5) is 27.4. The highest BCUT2D eigenvalue weighted by Gasteiger charge is 2.24. The number of nitrogens with zero attached hydrogens (tertiary/aromatic N) is 1. The largest absolute Gasteiger partial charge is 0.457 e. The van der Waals surface area contributed by atoms with Crippen molar-refractivity contribution in [1.29, 1.82) is 0 Å². The van der Waals surface area contributed by atoms with Gasteiger partial charge in [0.05, 0.1) is 5.02 Å². The number of rotatable bonds is 5. The number of hydrogen-bond donors (Lipinski definition) is 1. The van der Waals surface area contributed by atoms with E-state index in [2.05, 4.69) is 5.32 Å². The number of hydrogen-bond acceptors (Lipinski definition) is 3. The second-order valence-corrected chi connectivity index (χ2v) is 7.47. The highest BCUT2D eigenvalue weighted by atomic mass is 35.5. The normalized spacial score (nSPS) is 14.0. The molecular formula is C24H21ClN2O3. The predicted octanol–water partition coefficient (Wildman–Crippen LogP) is 4.99. The molecule has 152 valence electrons. The Morgan fingerprint density at radius 1 is 0.933 bits per heavy atom. The van der Waals surface area contributed by atoms with Crippen LogP contribution in [-0.4, -0.2) is 29.8 Å². The van der Waals surface area contributed by atoms with Gasteiger partial charge in [-0.1, -0.05) is 41.9 Å². The Balaban J connectivity index is 1.63. The molecule has 6 heteroatoms. The molecule has 1 saturated heterocycles. The third-order valence-corrected chi connectivity index (χ3v) is 5.29. The minimum Gasteiger partial charge on any atom is -0.457 e. The summed E-state index contributed by atoms with van der Waals surface area (Å²) in [5, 5.41) is 3.34. The molecule has 2 amide bonds. The van der Waals surface area contributed by atoms with E-state index in [0.717, 1.165) is 18.4 Å². The molecule has 5 nitrogen and oxygen atoms in total. The van der Waals surface area contributed by atoms with Crippen molar-refractivity contribution in [3.8, 4) is 11.3 Å². The van der Waals surface area contributed by atoms with Crippen LogP contribution in [0.4, 0.5) is 0 Å². The van der Waals surface area contributed by atoms with Crippen molar-refractivity contribution < 1.29 is 14.0 Å². The maximum absolute atomic E-state index is 13.0. The summed E-state index contributed by atoms with van der Waals surface area (Å²) in [6.45, 7) is 1.36. The molecule has 1 fully saturated rings. The van der Waals surface area contributed by atoms with E-state index in [1.807, 2.05) is 24.3 Å². The topological polar surface area (TPSA) is 62.6 Å². The van der Waals surface area contributed by atoms with Crippen molar-refractivity contribution in [3.63, 3.8) is 0 Å². The fraction of sp³-hybridized carbons (Fsp3) is 0.167. The molecule has 1 N–H and O–H groups in total. The highest BCUT2D eigenvalue weighted by molar-refractivity contribution is 6.33. The summed E-state index contributed by atoms with van der Waals surface area (Å²) in [6, 6.07) is 19.7. The van der Waals surface area contributed by atoms with Gasteiger partial charge in [0.2, 0.25) is 0 Å². The van der Waals surface area contributed by atoms with Crippen molar-refractivity contribution in [2.24, 2.45) is 0 Å². The van der Waals surface area contributed by atoms with E-state index in [1.165, 1.54) is 0 Å². The van der Waals surface area contributed by atoms with Crippen molar-refractivity contribution in [2.75, 3.05) is 13.1 Å². The molecule has 2 heterocycles. The van der Waals surface area contributed by atoms with Gasteiger partial charge >= 0.3 is 0 Å². The minimum absolute atomic E-state index is 0.186. The van der Waals surface area contributed by atoms with E-state index in [1.54, 1.807) is 53.4 Å². The van der Waals surface area contributed by atoms with E-state index < -0.39 is 0 Å². The van der Waals surface area contributed by atoms with E-state index >= 15 is 0 Å². The lowest BCUT2D eigenvalue weighted by Gasteiger charge is -2.18. The van der Waals surface area contributed by atoms with Crippen LogP contribution < -0.4 is 5.32 Å². The summed E-state index contributed by atoms with van der Waals surface area (Å²) in [5.74, 6) is 0.495. The maximum atomic E-state index is 13.0. The second-order valence-electron chi connectivity index (χ2n) is 7.06. The van der Waals surface area contributed by atoms with E-state index in [0.29, 0.717) is 35.2 Å². The fourth-order valence-electron chi connectivity index (χ4n) is 3.40. The number of likely N-dealkylation sites (tertiary alicyclic amines) is 1. The number of furan rings is 1. The molecule has 0 saturated carbocycles. The number of nitrogens with one attached hydrogen (secondary N) is 1. The molecule has 30 heavy (non-hydrogen) atoms. The zero-order chi connectivity index (χ0) is 20.9. The molecule has 2 aromatic carbocycles. The third kappa shape index (κ3) is 4.47. The van der Waals surface area contributed by atoms with Crippen LogP contribution in [0, 0.1) is 0 Å². The van der Waals surface area contributed by atoms with Crippen molar-refractivity contribution in [3.05, 3.63) is 88.8 Å². The van der Waals surface area contributed by atoms with Crippen LogP contribution in [0.5, 0.6) is 0 Å². The Bertz CT molecular complexity index is 1080. The number of carbonyl (C=O) groups excluding carboxylic acids is 2. The maximum Gasteiger partial charge on any atom is 0.270 e. The quantitative estimate of drug-likeness (QED) is 0.591. The minimum atomic E-state index is -0.340. The first-order valence-electron chi connectivity index (χ1n) is 9.84. The molecule has 0 aliphatic carbocycles. The lowest BCUT2D eigenvalue weighted by atomic mass is 10.2. The van der Waals surface area contributed by atoms with Crippen LogP contribution >= 0.6 is 11.6 Å². The van der Waals surface area contributed by atoms with Crippen molar-refractivity contribution in [1.82, 2.24) is 10.2 Å². The Kier molecular flexibility index (Phi) is 6.00. The van der Waals surface area contributed by atoms with Crippen LogP contribution in [0.25, 0.3) is 17.4 Å². The Morgan fingerprint density at radius 2 is 1.63 bits per heavy atom. The first-order valence-corrected chi connectivity index (χ1v) is 10.2. The lowest BCUT2D eigenvalue weighted by Crippen LogP contribution is -2.36. The summed E-state index contributed by atoms with van der Waals surface area (Å²) in [7, 11) is 0. The predicted molar refractivity (Wildman–Crippen MR) is 117 cm³/mol. The lowest BCUT2D eigenvalue weighted by molar-refractivity contribution is -0.126. The second kappa shape index (κ2) is 9.01. The molecule has 0 unspecified atom stereocenters. The van der Waals surface area contributed by atoms with Crippen LogP contribution in [0.3, 0.4) is 0 Å². The van der Waals surface area contributed by atoms with Crippen molar-refractivity contribution in [2.45, 2.75) is 12.8 Å². The Hall–Kier alpha value is -3.31. The molecule has 0 atom stereocenters. The first-order chi connectivity index (χ1) is 14.6. The number of carbonyl (C=O) groups is 2. The Morgan fingerprint density at radius 3 is 2.37 bits per heavy atom. The summed E-state index contributed by atoms with van der Waals surface area (Å²) < 4.78 is 5.90. The van der Waals surface area contributed by atoms with Crippen LogP contribution in [0.1, 0.15) is 29.0 Å². The number of halogens is 1. The van der Waals surface area contributed by atoms with E-state index in [9.17, 15) is 9.59 Å². The number of benzene rings is 2. The molecule has 0 radical (unpaired) electrons. The van der Waals surface area contributed by atoms with Gasteiger partial charge in [-0.15, -0.1) is 0 Å². The van der Waals surface area contributed by atoms with Gasteiger partial charge in [-0.3, -0.25) is 9.59 Å². The van der Waals surface area contributed by atoms with E-state index in [4.69, 9.17) is 16.0 Å². The monoisotopic (exact) mass is 420 g/mol. The van der Waals surface area contributed by atoms with Crippen LogP contribution in [0.15, 0.2) is 76.8 Å². The molecule has 3 aromatic rings. The average Bonchev–Trinajstić information content (AvgIpc) is 3.46. The zero-order valence-corrected chi connectivity index (χ0v) is 17.1. The number of amides is 2. The Labute approximate surface area is 180 Å². The first kappa shape index (κ1) is 20.0. The smallest absolute Gasteiger partial charge is 0.270 e. The van der Waals surface area contributed by atoms with Gasteiger partial charge in [-0.05, 0) is 49.2 Å². The highest BCUT2D eigenvalue weighted by Crippen LogP contribution is 2.29. The van der Waals surface area contributed by atoms with Crippen molar-refractivity contribution >= 4 is 29.5 Å². The fourth-order valence-corrected chi connectivity index (χ4v) is 3.63. The standard InChI is InChI=1S/C24H21ClN2O3/c25-20-11-5-4-10-19(20)22-13-12-18(30-22)16-21(24(29)27-14-6-7-15-27)26-23(28)17-8-2-1-3-9-17/h1-5,8-13,16H,6-7,14-15H2,(H,26,28). The van der Waals surface area contributed by atoms with Gasteiger partial charge < -0.3 is 14.6 Å². The zero-order valence-electron chi connectivity index (χ0n) is 16.3. The molecule has 0 spiro atoms. The van der Waals surface area contributed by atoms with Gasteiger partial charge in [0.1, 0.15) is 17.2 Å². The van der Waals surface area contributed by atoms with Gasteiger partial charge in [-0.2, -0.15) is 0 Å². The third-order valence-electron chi connectivity index (χ3n) is 4.96. The van der Waals surface area contributed by atoms with Crippen LogP contribution in [-0.2, 0) is 4.79 Å². The molecule has 4 rings (SSSR count). The van der Waals surface area contributed by atoms with Gasteiger partial charge in [-0.25, -0.2) is 0 Å². The average molecular weight is 421 g/mol.